The van der Waals surface area contributed by atoms with Crippen molar-refractivity contribution in [2.24, 2.45) is 11.8 Å². The molecule has 2 heterocycles. The van der Waals surface area contributed by atoms with Gasteiger partial charge in [0.15, 0.2) is 19.7 Å². The highest BCUT2D eigenvalue weighted by Gasteiger charge is 2.59. The Morgan fingerprint density at radius 3 is 1.18 bits per heavy atom. The zero-order valence-electron chi connectivity index (χ0n) is 41.2. The first-order valence-corrected chi connectivity index (χ1v) is 30.3. The van der Waals surface area contributed by atoms with Gasteiger partial charge in [0.25, 0.3) is 0 Å². The maximum atomic E-state index is 15.3. The van der Waals surface area contributed by atoms with Crippen molar-refractivity contribution < 1.29 is 77.6 Å². The fourth-order valence-electron chi connectivity index (χ4n) is 12.0. The summed E-state index contributed by atoms with van der Waals surface area (Å²) in [6.45, 7) is 10.7. The second-order valence-electron chi connectivity index (χ2n) is 19.8. The van der Waals surface area contributed by atoms with Crippen molar-refractivity contribution in [3.63, 3.8) is 0 Å². The van der Waals surface area contributed by atoms with Gasteiger partial charge in [-0.25, -0.2) is 51.2 Å². The topological polar surface area (TPSA) is 143 Å². The fourth-order valence-corrected chi connectivity index (χ4v) is 21.0. The second-order valence-corrected chi connectivity index (χ2v) is 28.6. The number of nitrogens with zero attached hydrogens (tertiary/aromatic N) is 2. The quantitative estimate of drug-likeness (QED) is 0.101. The van der Waals surface area contributed by atoms with Gasteiger partial charge in [-0.3, -0.25) is 0 Å². The molecule has 0 spiro atoms. The van der Waals surface area contributed by atoms with Gasteiger partial charge in [-0.2, -0.15) is 35.0 Å². The maximum absolute atomic E-state index is 15.3. The van der Waals surface area contributed by atoms with Crippen molar-refractivity contribution >= 4 is 39.7 Å². The van der Waals surface area contributed by atoms with Gasteiger partial charge in [0.05, 0.1) is 31.4 Å². The van der Waals surface area contributed by atoms with E-state index in [4.69, 9.17) is 0 Å². The molecule has 2 saturated carbocycles. The number of hydrogen-bond acceptors (Lipinski definition) is 8. The lowest BCUT2D eigenvalue weighted by atomic mass is 9.72. The van der Waals surface area contributed by atoms with Crippen LogP contribution in [0.1, 0.15) is 100 Å². The first-order valence-electron chi connectivity index (χ1n) is 24.4. The number of sulfonamides is 2. The van der Waals surface area contributed by atoms with Gasteiger partial charge in [-0.15, -0.1) is 13.2 Å². The van der Waals surface area contributed by atoms with Crippen LogP contribution in [-0.4, -0.2) is 78.0 Å². The molecule has 76 heavy (non-hydrogen) atoms. The number of hydrogen-bond donors (Lipinski definition) is 0. The summed E-state index contributed by atoms with van der Waals surface area (Å²) in [5.41, 5.74) is -2.91. The van der Waals surface area contributed by atoms with Crippen LogP contribution in [0.15, 0.2) is 120 Å². The van der Waals surface area contributed by atoms with Crippen LogP contribution in [0.5, 0.6) is 0 Å². The van der Waals surface area contributed by atoms with Crippen LogP contribution >= 0.6 is 0 Å². The van der Waals surface area contributed by atoms with Crippen LogP contribution < -0.4 is 0 Å². The standard InChI is InChI=1S/2C26H28F5NO4S2/c2*1-3-13-32-24-11-12-25(22-15-19(27)7-10-23(22)28,16-17(24)14-20(4-2)38(32,35)36)37(33,34)21-8-5-18(6-9-21)26(29,30)31/h2*3,5-10,15,17,20,24H,1,4,11-14,16H2,2H3/t2*17-,20-,24+,25-/m11/s1. The molecule has 4 aromatic rings. The Bertz CT molecular complexity index is 3070. The van der Waals surface area contributed by atoms with Crippen molar-refractivity contribution in [1.82, 2.24) is 8.61 Å². The second kappa shape index (κ2) is 21.6. The molecule has 0 radical (unpaired) electrons. The molecular formula is C52H56F10N2O8S4. The third kappa shape index (κ3) is 10.5. The van der Waals surface area contributed by atoms with Crippen LogP contribution in [-0.2, 0) is 61.6 Å². The monoisotopic (exact) mass is 1150 g/mol. The third-order valence-corrected chi connectivity index (χ3v) is 25.6. The highest BCUT2D eigenvalue weighted by atomic mass is 32.2. The maximum Gasteiger partial charge on any atom is 0.416 e. The third-order valence-electron chi connectivity index (χ3n) is 15.7. The summed E-state index contributed by atoms with van der Waals surface area (Å²) in [5, 5.41) is -1.60. The molecule has 10 nitrogen and oxygen atoms in total. The van der Waals surface area contributed by atoms with Crippen LogP contribution in [0.2, 0.25) is 0 Å². The summed E-state index contributed by atoms with van der Waals surface area (Å²) in [6, 6.07) is 9.70. The molecule has 24 heteroatoms. The molecule has 0 amide bonds. The summed E-state index contributed by atoms with van der Waals surface area (Å²) >= 11 is 0. The number of alkyl halides is 6. The minimum atomic E-state index is -4.69. The first kappa shape index (κ1) is 59.0. The highest BCUT2D eigenvalue weighted by Crippen LogP contribution is 2.56. The molecule has 8 rings (SSSR count). The summed E-state index contributed by atoms with van der Waals surface area (Å²) in [7, 11) is -16.5. The molecule has 0 aromatic heterocycles. The average molecular weight is 1160 g/mol. The first-order chi connectivity index (χ1) is 35.4. The van der Waals surface area contributed by atoms with Gasteiger partial charge in [0.2, 0.25) is 20.0 Å². The van der Waals surface area contributed by atoms with E-state index in [1.54, 1.807) is 13.8 Å². The largest absolute Gasteiger partial charge is 0.416 e. The lowest BCUT2D eigenvalue weighted by Gasteiger charge is -2.51. The number of fused-ring (bicyclic) bond motifs is 2. The normalized spacial score (nSPS) is 28.0. The number of sulfone groups is 2. The Hall–Kier alpha value is -4.62. The minimum Gasteiger partial charge on any atom is -0.223 e. The molecular weight excluding hydrogens is 1100 g/mol. The van der Waals surface area contributed by atoms with E-state index in [0.29, 0.717) is 24.3 Å². The molecule has 2 aliphatic carbocycles. The van der Waals surface area contributed by atoms with Gasteiger partial charge in [-0.1, -0.05) is 26.0 Å². The van der Waals surface area contributed by atoms with E-state index in [2.05, 4.69) is 13.2 Å². The van der Waals surface area contributed by atoms with Gasteiger partial charge in [0, 0.05) is 36.3 Å². The highest BCUT2D eigenvalue weighted by molar-refractivity contribution is 7.93. The van der Waals surface area contributed by atoms with Gasteiger partial charge >= 0.3 is 12.4 Å². The number of rotatable bonds is 12. The van der Waals surface area contributed by atoms with Gasteiger partial charge in [0.1, 0.15) is 32.8 Å². The summed E-state index contributed by atoms with van der Waals surface area (Å²) < 4.78 is 246. The predicted molar refractivity (Wildman–Crippen MR) is 265 cm³/mol. The molecule has 2 aliphatic heterocycles. The van der Waals surface area contributed by atoms with E-state index in [9.17, 15) is 68.8 Å². The van der Waals surface area contributed by atoms with Crippen LogP contribution in [0.3, 0.4) is 0 Å². The lowest BCUT2D eigenvalue weighted by molar-refractivity contribution is -0.138. The van der Waals surface area contributed by atoms with Crippen LogP contribution in [0.4, 0.5) is 43.9 Å². The van der Waals surface area contributed by atoms with Crippen molar-refractivity contribution in [3.8, 4) is 0 Å². The molecule has 2 saturated heterocycles. The van der Waals surface area contributed by atoms with Crippen LogP contribution in [0.25, 0.3) is 0 Å². The summed E-state index contributed by atoms with van der Waals surface area (Å²) in [4.78, 5) is -0.905. The fraction of sp³-hybridized carbons (Fsp3) is 0.462. The van der Waals surface area contributed by atoms with E-state index in [-0.39, 0.29) is 77.3 Å². The minimum absolute atomic E-state index is 0.0208. The molecule has 0 unspecified atom stereocenters. The van der Waals surface area contributed by atoms with Gasteiger partial charge < -0.3 is 0 Å². The van der Waals surface area contributed by atoms with Crippen LogP contribution in [0, 0.1) is 35.1 Å². The van der Waals surface area contributed by atoms with E-state index in [1.807, 2.05) is 0 Å². The Morgan fingerprint density at radius 1 is 0.566 bits per heavy atom. The van der Waals surface area contributed by atoms with Gasteiger partial charge in [-0.05, 0) is 161 Å². The van der Waals surface area contributed by atoms with Crippen molar-refractivity contribution in [1.29, 1.82) is 0 Å². The molecule has 4 aliphatic rings. The average Bonchev–Trinajstić information content (AvgIpc) is 3.36. The van der Waals surface area contributed by atoms with Crippen molar-refractivity contribution in [2.75, 3.05) is 13.1 Å². The van der Waals surface area contributed by atoms with Crippen molar-refractivity contribution in [3.05, 3.63) is 156 Å². The summed E-state index contributed by atoms with van der Waals surface area (Å²) in [6.07, 6.45) is -6.59. The van der Waals surface area contributed by atoms with E-state index in [1.165, 1.54) is 20.8 Å². The zero-order valence-corrected chi connectivity index (χ0v) is 44.4. The molecule has 0 bridgehead atoms. The Morgan fingerprint density at radius 2 is 0.895 bits per heavy atom. The molecule has 4 fully saturated rings. The van der Waals surface area contributed by atoms with Crippen molar-refractivity contribution in [2.45, 2.75) is 132 Å². The lowest BCUT2D eigenvalue weighted by Crippen LogP contribution is -2.58. The Balaban J connectivity index is 0.000000221. The summed E-state index contributed by atoms with van der Waals surface area (Å²) in [5.74, 6) is -4.70. The molecule has 0 N–H and O–H groups in total. The predicted octanol–water partition coefficient (Wildman–Crippen LogP) is 11.6. The smallest absolute Gasteiger partial charge is 0.223 e. The van der Waals surface area contributed by atoms with E-state index >= 15 is 8.78 Å². The molecule has 4 aromatic carbocycles. The zero-order chi connectivity index (χ0) is 56.2. The SMILES string of the molecule is C=CCN1[C@H]2CC[C@@](c3cc(F)ccc3F)(S(=O)(=O)c3ccc(C(F)(F)F)cc3)C[C@H]2C[C@@H](CC)S1(=O)=O.C=CCN1[C@H]2CC[C@@](c3cc(F)ccc3F)(S(=O)(=O)c3ccc(C(F)(F)F)cc3)C[C@H]2C[C@@H](CC)S1(=O)=O. The number of benzene rings is 4. The molecule has 8 atom stereocenters. The van der Waals surface area contributed by atoms with E-state index < -0.39 is 151 Å². The Kier molecular flexibility index (Phi) is 16.7. The number of halogens is 10. The molecule has 416 valence electrons. The van der Waals surface area contributed by atoms with E-state index in [0.717, 1.165) is 60.7 Å². The Labute approximate surface area is 436 Å².